The van der Waals surface area contributed by atoms with E-state index in [2.05, 4.69) is 44.9 Å². The van der Waals surface area contributed by atoms with Gasteiger partial charge < -0.3 is 15.4 Å². The minimum Gasteiger partial charge on any atom is -0.494 e. The number of hydrogen-bond donors (Lipinski definition) is 2. The van der Waals surface area contributed by atoms with E-state index >= 15 is 0 Å². The first-order chi connectivity index (χ1) is 13.4. The summed E-state index contributed by atoms with van der Waals surface area (Å²) in [6.45, 7) is 2.29. The lowest BCUT2D eigenvalue weighted by molar-refractivity contribution is 0.311. The molecule has 1 aromatic heterocycles. The van der Waals surface area contributed by atoms with E-state index in [1.54, 1.807) is 7.05 Å². The summed E-state index contributed by atoms with van der Waals surface area (Å²) in [5.41, 5.74) is 2.31. The maximum absolute atomic E-state index is 5.69. The Kier molecular flexibility index (Phi) is 9.54. The van der Waals surface area contributed by atoms with Crippen LogP contribution in [-0.2, 0) is 6.42 Å². The van der Waals surface area contributed by atoms with E-state index in [9.17, 15) is 0 Å². The highest BCUT2D eigenvalue weighted by Crippen LogP contribution is 2.15. The Bertz CT molecular complexity index is 865. The second-order valence-corrected chi connectivity index (χ2v) is 6.18. The van der Waals surface area contributed by atoms with E-state index in [-0.39, 0.29) is 24.0 Å². The van der Waals surface area contributed by atoms with Gasteiger partial charge >= 0.3 is 0 Å². The van der Waals surface area contributed by atoms with Gasteiger partial charge in [-0.2, -0.15) is 0 Å². The first-order valence-corrected chi connectivity index (χ1v) is 9.32. The third-order valence-corrected chi connectivity index (χ3v) is 4.25. The molecular formula is C22H27IN4O. The number of nitrogens with zero attached hydrogens (tertiary/aromatic N) is 2. The molecule has 0 amide bonds. The van der Waals surface area contributed by atoms with Gasteiger partial charge in [0.1, 0.15) is 5.75 Å². The minimum atomic E-state index is 0. The highest BCUT2D eigenvalue weighted by atomic mass is 127. The Morgan fingerprint density at radius 2 is 1.75 bits per heavy atom. The molecule has 3 rings (SSSR count). The van der Waals surface area contributed by atoms with Gasteiger partial charge in [0, 0.05) is 31.7 Å². The van der Waals surface area contributed by atoms with Crippen LogP contribution >= 0.6 is 24.0 Å². The van der Waals surface area contributed by atoms with Crippen LogP contribution in [0, 0.1) is 0 Å². The van der Waals surface area contributed by atoms with E-state index in [4.69, 9.17) is 4.74 Å². The number of benzene rings is 2. The Morgan fingerprint density at radius 1 is 0.964 bits per heavy atom. The predicted octanol–water partition coefficient (Wildman–Crippen LogP) is 4.03. The Morgan fingerprint density at radius 3 is 2.57 bits per heavy atom. The molecule has 6 heteroatoms. The maximum atomic E-state index is 5.69. The molecule has 28 heavy (non-hydrogen) atoms. The molecule has 5 nitrogen and oxygen atoms in total. The number of aromatic nitrogens is 1. The van der Waals surface area contributed by atoms with Gasteiger partial charge in [0.05, 0.1) is 12.1 Å². The summed E-state index contributed by atoms with van der Waals surface area (Å²) in [5.74, 6) is 1.71. The van der Waals surface area contributed by atoms with Crippen molar-refractivity contribution in [3.05, 3.63) is 72.4 Å². The molecule has 0 radical (unpaired) electrons. The van der Waals surface area contributed by atoms with Crippen LogP contribution in [0.5, 0.6) is 5.75 Å². The monoisotopic (exact) mass is 490 g/mol. The second kappa shape index (κ2) is 12.2. The quantitative estimate of drug-likeness (QED) is 0.217. The zero-order valence-electron chi connectivity index (χ0n) is 16.1. The van der Waals surface area contributed by atoms with Crippen molar-refractivity contribution in [3.63, 3.8) is 0 Å². The van der Waals surface area contributed by atoms with Crippen LogP contribution in [0.25, 0.3) is 10.9 Å². The molecule has 0 aliphatic heterocycles. The number of hydrogen-bond acceptors (Lipinski definition) is 3. The average molecular weight is 490 g/mol. The third kappa shape index (κ3) is 6.67. The fourth-order valence-electron chi connectivity index (χ4n) is 2.89. The summed E-state index contributed by atoms with van der Waals surface area (Å²) < 4.78 is 5.69. The maximum Gasteiger partial charge on any atom is 0.190 e. The molecule has 1 heterocycles. The number of rotatable bonds is 8. The molecule has 0 aliphatic carbocycles. The molecule has 0 saturated carbocycles. The van der Waals surface area contributed by atoms with Crippen LogP contribution in [0.15, 0.2) is 71.9 Å². The fraction of sp³-hybridized carbons (Fsp3) is 0.273. The van der Waals surface area contributed by atoms with Gasteiger partial charge in [-0.1, -0.05) is 42.5 Å². The van der Waals surface area contributed by atoms with Crippen LogP contribution in [0.4, 0.5) is 0 Å². The van der Waals surface area contributed by atoms with Crippen molar-refractivity contribution in [1.29, 1.82) is 0 Å². The van der Waals surface area contributed by atoms with Gasteiger partial charge in [-0.05, 0) is 36.6 Å². The highest BCUT2D eigenvalue weighted by molar-refractivity contribution is 14.0. The molecule has 0 saturated heterocycles. The number of ether oxygens (including phenoxy) is 1. The molecule has 0 atom stereocenters. The van der Waals surface area contributed by atoms with Gasteiger partial charge in [0.25, 0.3) is 0 Å². The molecule has 2 N–H and O–H groups in total. The van der Waals surface area contributed by atoms with Crippen molar-refractivity contribution in [3.8, 4) is 5.75 Å². The summed E-state index contributed by atoms with van der Waals surface area (Å²) in [6.07, 6.45) is 3.65. The number of para-hydroxylation sites is 2. The smallest absolute Gasteiger partial charge is 0.190 e. The minimum absolute atomic E-state index is 0. The fourth-order valence-corrected chi connectivity index (χ4v) is 2.89. The number of fused-ring (bicyclic) bond motifs is 1. The van der Waals surface area contributed by atoms with Crippen molar-refractivity contribution in [2.45, 2.75) is 12.8 Å². The zero-order valence-corrected chi connectivity index (χ0v) is 18.4. The SMILES string of the molecule is CN=C(NCCCOc1ccccc1)NCCc1cccc2cccnc12.I. The molecule has 3 aromatic rings. The first kappa shape index (κ1) is 21.9. The van der Waals surface area contributed by atoms with Gasteiger partial charge in [-0.25, -0.2) is 0 Å². The summed E-state index contributed by atoms with van der Waals surface area (Å²) in [6, 6.07) is 20.2. The van der Waals surface area contributed by atoms with Gasteiger partial charge in [0.2, 0.25) is 0 Å². The van der Waals surface area contributed by atoms with Gasteiger partial charge in [-0.15, -0.1) is 24.0 Å². The van der Waals surface area contributed by atoms with Crippen molar-refractivity contribution >= 4 is 40.8 Å². The predicted molar refractivity (Wildman–Crippen MR) is 127 cm³/mol. The number of nitrogens with one attached hydrogen (secondary N) is 2. The first-order valence-electron chi connectivity index (χ1n) is 9.32. The van der Waals surface area contributed by atoms with Crippen LogP contribution in [0.3, 0.4) is 0 Å². The molecule has 2 aromatic carbocycles. The average Bonchev–Trinajstić information content (AvgIpc) is 2.73. The van der Waals surface area contributed by atoms with Crippen LogP contribution in [0.2, 0.25) is 0 Å². The lowest BCUT2D eigenvalue weighted by atomic mass is 10.1. The lowest BCUT2D eigenvalue weighted by Crippen LogP contribution is -2.39. The standard InChI is InChI=1S/C22H26N4O.HI/c1-23-22(25-15-7-17-27-20-11-3-2-4-12-20)26-16-13-19-9-5-8-18-10-6-14-24-21(18)19;/h2-6,8-12,14H,7,13,15-17H2,1H3,(H2,23,25,26);1H. The van der Waals surface area contributed by atoms with Crippen molar-refractivity contribution in [1.82, 2.24) is 15.6 Å². The number of guanidine groups is 1. The van der Waals surface area contributed by atoms with Crippen LogP contribution in [-0.4, -0.2) is 37.7 Å². The van der Waals surface area contributed by atoms with Crippen LogP contribution in [0.1, 0.15) is 12.0 Å². The van der Waals surface area contributed by atoms with Crippen molar-refractivity contribution in [2.75, 3.05) is 26.7 Å². The summed E-state index contributed by atoms with van der Waals surface area (Å²) in [5, 5.41) is 7.86. The topological polar surface area (TPSA) is 58.5 Å². The van der Waals surface area contributed by atoms with E-state index in [1.807, 2.05) is 42.6 Å². The Balaban J connectivity index is 0.00000280. The van der Waals surface area contributed by atoms with Gasteiger partial charge in [0.15, 0.2) is 5.96 Å². The zero-order chi connectivity index (χ0) is 18.7. The second-order valence-electron chi connectivity index (χ2n) is 6.18. The largest absolute Gasteiger partial charge is 0.494 e. The molecule has 0 spiro atoms. The van der Waals surface area contributed by atoms with E-state index in [0.717, 1.165) is 43.2 Å². The van der Waals surface area contributed by atoms with Crippen molar-refractivity contribution in [2.24, 2.45) is 4.99 Å². The Labute approximate surface area is 183 Å². The number of halogens is 1. The molecule has 0 fully saturated rings. The number of pyridine rings is 1. The number of aliphatic imine (C=N–C) groups is 1. The summed E-state index contributed by atoms with van der Waals surface area (Å²) >= 11 is 0. The molecule has 0 aliphatic rings. The molecule has 0 bridgehead atoms. The molecule has 148 valence electrons. The van der Waals surface area contributed by atoms with E-state index in [0.29, 0.717) is 6.61 Å². The van der Waals surface area contributed by atoms with Crippen molar-refractivity contribution < 1.29 is 4.74 Å². The highest BCUT2D eigenvalue weighted by Gasteiger charge is 2.03. The Hall–Kier alpha value is -2.35. The van der Waals surface area contributed by atoms with E-state index in [1.165, 1.54) is 10.9 Å². The molecule has 0 unspecified atom stereocenters. The summed E-state index contributed by atoms with van der Waals surface area (Å²) in [7, 11) is 1.79. The molecular weight excluding hydrogens is 463 g/mol. The van der Waals surface area contributed by atoms with E-state index < -0.39 is 0 Å². The summed E-state index contributed by atoms with van der Waals surface area (Å²) in [4.78, 5) is 8.78. The normalized spacial score (nSPS) is 11.0. The third-order valence-electron chi connectivity index (χ3n) is 4.25. The van der Waals surface area contributed by atoms with Crippen LogP contribution < -0.4 is 15.4 Å². The lowest BCUT2D eigenvalue weighted by Gasteiger charge is -2.13. The van der Waals surface area contributed by atoms with Gasteiger partial charge in [-0.3, -0.25) is 9.98 Å².